The number of esters is 1. The summed E-state index contributed by atoms with van der Waals surface area (Å²) in [4.78, 5) is 11.9. The van der Waals surface area contributed by atoms with Gasteiger partial charge in [0.15, 0.2) is 0 Å². The second-order valence-electron chi connectivity index (χ2n) is 9.86. The predicted octanol–water partition coefficient (Wildman–Crippen LogP) is 6.07. The molecule has 0 amide bonds. The zero-order chi connectivity index (χ0) is 22.1. The molecule has 172 valence electrons. The Labute approximate surface area is 185 Å². The standard InChI is InChI=1S/C23H30F2O5S/c1-2-3-4-16-5-7-19(8-6-16)22-12-17-9-18(13-22)11-21(10-17,14-22)15-28-20(26)23(24,25)31-30-29-27/h5-8,17-18,27H,2-4,9-15H2,1H3. The van der Waals surface area contributed by atoms with Crippen LogP contribution in [-0.4, -0.2) is 23.1 Å². The Balaban J connectivity index is 1.47. The fourth-order valence-corrected chi connectivity index (χ4v) is 7.00. The van der Waals surface area contributed by atoms with Crippen LogP contribution in [0.3, 0.4) is 0 Å². The number of ether oxygens (including phenoxy) is 1. The normalized spacial score (nSPS) is 31.7. The Morgan fingerprint density at radius 2 is 1.87 bits per heavy atom. The van der Waals surface area contributed by atoms with E-state index < -0.39 is 23.3 Å². The number of unbranched alkanes of at least 4 members (excludes halogenated alkanes) is 1. The fraction of sp³-hybridized carbons (Fsp3) is 0.696. The van der Waals surface area contributed by atoms with Crippen molar-refractivity contribution in [2.45, 2.75) is 75.4 Å². The summed E-state index contributed by atoms with van der Waals surface area (Å²) in [5, 5.41) is 7.29. The maximum Gasteiger partial charge on any atom is 0.415 e. The molecule has 2 atom stereocenters. The molecule has 4 saturated carbocycles. The smallest absolute Gasteiger partial charge is 0.415 e. The number of halogens is 2. The topological polar surface area (TPSA) is 65.0 Å². The summed E-state index contributed by atoms with van der Waals surface area (Å²) in [6.07, 6.45) is 9.58. The maximum atomic E-state index is 13.8. The maximum absolute atomic E-state index is 13.8. The zero-order valence-electron chi connectivity index (χ0n) is 17.8. The van der Waals surface area contributed by atoms with Crippen molar-refractivity contribution in [1.82, 2.24) is 0 Å². The van der Waals surface area contributed by atoms with Gasteiger partial charge in [0, 0.05) is 5.41 Å². The molecule has 0 spiro atoms. The molecule has 1 N–H and O–H groups in total. The number of aryl methyl sites for hydroxylation is 1. The monoisotopic (exact) mass is 456 g/mol. The van der Waals surface area contributed by atoms with Gasteiger partial charge >= 0.3 is 11.2 Å². The largest absolute Gasteiger partial charge is 0.460 e. The van der Waals surface area contributed by atoms with E-state index in [1.807, 2.05) is 0 Å². The summed E-state index contributed by atoms with van der Waals surface area (Å²) in [7, 11) is 0. The van der Waals surface area contributed by atoms with Crippen LogP contribution in [0.25, 0.3) is 0 Å². The van der Waals surface area contributed by atoms with Crippen LogP contribution in [-0.2, 0) is 30.7 Å². The van der Waals surface area contributed by atoms with E-state index in [1.54, 1.807) is 0 Å². The van der Waals surface area contributed by atoms with Gasteiger partial charge in [0.2, 0.25) is 0 Å². The van der Waals surface area contributed by atoms with E-state index in [1.165, 1.54) is 30.4 Å². The lowest BCUT2D eigenvalue weighted by Gasteiger charge is -2.62. The van der Waals surface area contributed by atoms with Gasteiger partial charge in [-0.15, -0.1) is 4.33 Å². The van der Waals surface area contributed by atoms with Crippen LogP contribution in [0.5, 0.6) is 0 Å². The first-order valence-corrected chi connectivity index (χ1v) is 11.8. The van der Waals surface area contributed by atoms with Crippen molar-refractivity contribution >= 4 is 18.0 Å². The number of alkyl halides is 2. The molecule has 31 heavy (non-hydrogen) atoms. The van der Waals surface area contributed by atoms with Crippen molar-refractivity contribution in [2.24, 2.45) is 17.3 Å². The quantitative estimate of drug-likeness (QED) is 0.199. The summed E-state index contributed by atoms with van der Waals surface area (Å²) in [5.74, 6) is -0.582. The molecule has 5 nitrogen and oxygen atoms in total. The Morgan fingerprint density at radius 1 is 1.19 bits per heavy atom. The van der Waals surface area contributed by atoms with Crippen LogP contribution >= 0.6 is 12.0 Å². The molecule has 2 unspecified atom stereocenters. The molecule has 8 heteroatoms. The molecular weight excluding hydrogens is 426 g/mol. The Kier molecular flexibility index (Phi) is 6.64. The summed E-state index contributed by atoms with van der Waals surface area (Å²) in [6.45, 7) is 2.18. The molecule has 5 rings (SSSR count). The number of rotatable bonds is 10. The first-order chi connectivity index (χ1) is 14.8. The molecular formula is C23H30F2O5S. The molecule has 0 aliphatic heterocycles. The number of benzene rings is 1. The lowest BCUT2D eigenvalue weighted by molar-refractivity contribution is -0.433. The van der Waals surface area contributed by atoms with Gasteiger partial charge in [-0.25, -0.2) is 10.1 Å². The highest BCUT2D eigenvalue weighted by atomic mass is 32.2. The van der Waals surface area contributed by atoms with E-state index >= 15 is 0 Å². The van der Waals surface area contributed by atoms with Crippen LogP contribution in [0.2, 0.25) is 0 Å². The highest BCUT2D eigenvalue weighted by Gasteiger charge is 2.59. The van der Waals surface area contributed by atoms with E-state index in [2.05, 4.69) is 40.6 Å². The van der Waals surface area contributed by atoms with Gasteiger partial charge in [-0.2, -0.15) is 8.78 Å². The molecule has 1 aromatic rings. The molecule has 1 aromatic carbocycles. The van der Waals surface area contributed by atoms with Gasteiger partial charge in [-0.1, -0.05) is 42.6 Å². The number of hydrogen-bond donors (Lipinski definition) is 1. The van der Waals surface area contributed by atoms with Crippen LogP contribution in [0.1, 0.15) is 69.4 Å². The molecule has 0 heterocycles. The van der Waals surface area contributed by atoms with E-state index in [0.29, 0.717) is 11.8 Å². The SMILES string of the molecule is CCCCc1ccc(C23CC4CC(CC(COC(=O)C(F)(F)SOOO)(C4)C2)C3)cc1. The summed E-state index contributed by atoms with van der Waals surface area (Å²) in [6, 6.07) is 8.98. The number of carbonyl (C=O) groups excluding carboxylic acids is 1. The minimum atomic E-state index is -3.95. The van der Waals surface area contributed by atoms with Crippen LogP contribution in [0.4, 0.5) is 8.78 Å². The minimum Gasteiger partial charge on any atom is -0.460 e. The highest BCUT2D eigenvalue weighted by molar-refractivity contribution is 7.96. The first kappa shape index (κ1) is 23.0. The molecule has 4 aliphatic carbocycles. The second kappa shape index (κ2) is 8.96. The molecule has 4 aliphatic rings. The average Bonchev–Trinajstić information content (AvgIpc) is 2.74. The van der Waals surface area contributed by atoms with Gasteiger partial charge in [-0.05, 0) is 79.7 Å². The van der Waals surface area contributed by atoms with Crippen molar-refractivity contribution in [3.8, 4) is 0 Å². The molecule has 0 saturated heterocycles. The fourth-order valence-electron chi connectivity index (χ4n) is 6.76. The van der Waals surface area contributed by atoms with Gasteiger partial charge in [0.05, 0.1) is 6.61 Å². The van der Waals surface area contributed by atoms with E-state index in [4.69, 9.17) is 9.99 Å². The van der Waals surface area contributed by atoms with Crippen LogP contribution < -0.4 is 0 Å². The van der Waals surface area contributed by atoms with Gasteiger partial charge in [-0.3, -0.25) is 0 Å². The van der Waals surface area contributed by atoms with Crippen molar-refractivity contribution in [3.63, 3.8) is 0 Å². The average molecular weight is 457 g/mol. The zero-order valence-corrected chi connectivity index (χ0v) is 18.6. The lowest BCUT2D eigenvalue weighted by Crippen LogP contribution is -2.55. The van der Waals surface area contributed by atoms with Crippen molar-refractivity contribution in [3.05, 3.63) is 35.4 Å². The molecule has 4 fully saturated rings. The molecule has 0 radical (unpaired) electrons. The van der Waals surface area contributed by atoms with Gasteiger partial charge < -0.3 is 4.74 Å². The first-order valence-electron chi connectivity index (χ1n) is 11.1. The highest BCUT2D eigenvalue weighted by Crippen LogP contribution is 2.65. The third-order valence-electron chi connectivity index (χ3n) is 7.48. The summed E-state index contributed by atoms with van der Waals surface area (Å²) < 4.78 is 36.5. The predicted molar refractivity (Wildman–Crippen MR) is 112 cm³/mol. The van der Waals surface area contributed by atoms with E-state index in [-0.39, 0.29) is 17.4 Å². The summed E-state index contributed by atoms with van der Waals surface area (Å²) >= 11 is -0.573. The third kappa shape index (κ3) is 4.77. The van der Waals surface area contributed by atoms with Crippen LogP contribution in [0.15, 0.2) is 24.3 Å². The summed E-state index contributed by atoms with van der Waals surface area (Å²) in [5.41, 5.74) is 2.49. The van der Waals surface area contributed by atoms with Crippen molar-refractivity contribution in [1.29, 1.82) is 0 Å². The number of hydrogen-bond acceptors (Lipinski definition) is 6. The van der Waals surface area contributed by atoms with Gasteiger partial charge in [0.25, 0.3) is 0 Å². The Morgan fingerprint density at radius 3 is 2.48 bits per heavy atom. The lowest BCUT2D eigenvalue weighted by atomic mass is 9.43. The van der Waals surface area contributed by atoms with Crippen molar-refractivity contribution < 1.29 is 32.9 Å². The van der Waals surface area contributed by atoms with Crippen LogP contribution in [0, 0.1) is 17.3 Å². The molecule has 4 bridgehead atoms. The Hall–Kier alpha value is -1.22. The van der Waals surface area contributed by atoms with E-state index in [0.717, 1.165) is 38.5 Å². The Bertz CT molecular complexity index is 771. The molecule has 0 aromatic heterocycles. The number of carbonyl (C=O) groups is 1. The third-order valence-corrected chi connectivity index (χ3v) is 7.99. The van der Waals surface area contributed by atoms with Gasteiger partial charge in [0.1, 0.15) is 12.0 Å². The van der Waals surface area contributed by atoms with E-state index in [9.17, 15) is 13.6 Å². The minimum absolute atomic E-state index is 0.00863. The van der Waals surface area contributed by atoms with Crippen molar-refractivity contribution in [2.75, 3.05) is 6.61 Å². The second-order valence-corrected chi connectivity index (χ2v) is 10.7.